The molecule has 0 spiro atoms. The quantitative estimate of drug-likeness (QED) is 0.681. The SMILES string of the molecule is Cc1ncccc1C(=O)N[C@H](CC(=O)O)C(=O)O. The topological polar surface area (TPSA) is 117 Å². The van der Waals surface area contributed by atoms with Gasteiger partial charge in [-0.3, -0.25) is 14.6 Å². The molecule has 0 fully saturated rings. The Morgan fingerprint density at radius 1 is 1.39 bits per heavy atom. The van der Waals surface area contributed by atoms with E-state index in [-0.39, 0.29) is 5.56 Å². The van der Waals surface area contributed by atoms with E-state index in [2.05, 4.69) is 10.3 Å². The van der Waals surface area contributed by atoms with E-state index in [9.17, 15) is 14.4 Å². The molecule has 0 bridgehead atoms. The number of hydrogen-bond acceptors (Lipinski definition) is 4. The number of rotatable bonds is 5. The average Bonchev–Trinajstić information content (AvgIpc) is 2.27. The maximum absolute atomic E-state index is 11.8. The normalized spacial score (nSPS) is 11.6. The van der Waals surface area contributed by atoms with Gasteiger partial charge in [0.25, 0.3) is 5.91 Å². The van der Waals surface area contributed by atoms with Gasteiger partial charge in [0.15, 0.2) is 0 Å². The van der Waals surface area contributed by atoms with Crippen molar-refractivity contribution in [2.45, 2.75) is 19.4 Å². The van der Waals surface area contributed by atoms with Crippen LogP contribution in [0.1, 0.15) is 22.5 Å². The molecular weight excluding hydrogens is 240 g/mol. The number of amides is 1. The zero-order valence-electron chi connectivity index (χ0n) is 9.58. The van der Waals surface area contributed by atoms with Crippen molar-refractivity contribution in [3.63, 3.8) is 0 Å². The Morgan fingerprint density at radius 3 is 2.56 bits per heavy atom. The smallest absolute Gasteiger partial charge is 0.326 e. The molecule has 1 amide bonds. The second kappa shape index (κ2) is 5.76. The lowest BCUT2D eigenvalue weighted by Crippen LogP contribution is -2.42. The molecule has 1 heterocycles. The molecule has 96 valence electrons. The monoisotopic (exact) mass is 252 g/mol. The standard InChI is InChI=1S/C11H12N2O5/c1-6-7(3-2-4-12-6)10(16)13-8(11(17)18)5-9(14)15/h2-4,8H,5H2,1H3,(H,13,16)(H,14,15)(H,17,18)/t8-/m1/s1. The van der Waals surface area contributed by atoms with Crippen LogP contribution in [-0.4, -0.2) is 39.1 Å². The first-order valence-electron chi connectivity index (χ1n) is 5.09. The molecule has 1 rings (SSSR count). The number of carboxylic acid groups (broad SMARTS) is 2. The van der Waals surface area contributed by atoms with Crippen molar-refractivity contribution in [3.8, 4) is 0 Å². The Hall–Kier alpha value is -2.44. The predicted molar refractivity (Wildman–Crippen MR) is 60.1 cm³/mol. The third-order valence-corrected chi connectivity index (χ3v) is 2.23. The first kappa shape index (κ1) is 13.6. The van der Waals surface area contributed by atoms with Crippen molar-refractivity contribution < 1.29 is 24.6 Å². The molecule has 0 aromatic carbocycles. The Bertz CT molecular complexity index is 486. The van der Waals surface area contributed by atoms with Crippen molar-refractivity contribution in [2.75, 3.05) is 0 Å². The summed E-state index contributed by atoms with van der Waals surface area (Å²) < 4.78 is 0. The van der Waals surface area contributed by atoms with Crippen LogP contribution < -0.4 is 5.32 Å². The summed E-state index contributed by atoms with van der Waals surface area (Å²) in [6.07, 6.45) is 0.818. The van der Waals surface area contributed by atoms with Gasteiger partial charge in [0.05, 0.1) is 12.0 Å². The van der Waals surface area contributed by atoms with Gasteiger partial charge in [0.1, 0.15) is 6.04 Å². The molecule has 3 N–H and O–H groups in total. The molecule has 0 aliphatic heterocycles. The third kappa shape index (κ3) is 3.55. The van der Waals surface area contributed by atoms with Gasteiger partial charge in [0, 0.05) is 11.9 Å². The highest BCUT2D eigenvalue weighted by Gasteiger charge is 2.24. The number of aliphatic carboxylic acids is 2. The number of carbonyl (C=O) groups excluding carboxylic acids is 1. The second-order valence-electron chi connectivity index (χ2n) is 3.60. The van der Waals surface area contributed by atoms with Gasteiger partial charge in [-0.05, 0) is 19.1 Å². The van der Waals surface area contributed by atoms with Crippen LogP contribution in [0.3, 0.4) is 0 Å². The Labute approximate surface area is 102 Å². The first-order chi connectivity index (χ1) is 8.41. The van der Waals surface area contributed by atoms with E-state index >= 15 is 0 Å². The van der Waals surface area contributed by atoms with Crippen molar-refractivity contribution in [2.24, 2.45) is 0 Å². The van der Waals surface area contributed by atoms with Crippen LogP contribution in [0.5, 0.6) is 0 Å². The van der Waals surface area contributed by atoms with Gasteiger partial charge in [-0.1, -0.05) is 0 Å². The molecule has 1 aromatic heterocycles. The lowest BCUT2D eigenvalue weighted by molar-refractivity contribution is -0.145. The molecule has 0 aliphatic rings. The third-order valence-electron chi connectivity index (χ3n) is 2.23. The highest BCUT2D eigenvalue weighted by Crippen LogP contribution is 2.04. The molecule has 1 aromatic rings. The van der Waals surface area contributed by atoms with Gasteiger partial charge in [-0.15, -0.1) is 0 Å². The summed E-state index contributed by atoms with van der Waals surface area (Å²) in [6.45, 7) is 1.60. The van der Waals surface area contributed by atoms with Crippen LogP contribution in [0.25, 0.3) is 0 Å². The Balaban J connectivity index is 2.82. The zero-order valence-corrected chi connectivity index (χ0v) is 9.58. The Kier molecular flexibility index (Phi) is 4.36. The molecule has 7 heteroatoms. The van der Waals surface area contributed by atoms with Crippen molar-refractivity contribution in [3.05, 3.63) is 29.6 Å². The summed E-state index contributed by atoms with van der Waals surface area (Å²) in [4.78, 5) is 36.9. The van der Waals surface area contributed by atoms with Crippen molar-refractivity contribution in [1.82, 2.24) is 10.3 Å². The fourth-order valence-electron chi connectivity index (χ4n) is 1.33. The fourth-order valence-corrected chi connectivity index (χ4v) is 1.33. The maximum atomic E-state index is 11.8. The number of aromatic nitrogens is 1. The number of carbonyl (C=O) groups is 3. The van der Waals surface area contributed by atoms with Crippen LogP contribution in [0.4, 0.5) is 0 Å². The van der Waals surface area contributed by atoms with Crippen molar-refractivity contribution >= 4 is 17.8 Å². The summed E-state index contributed by atoms with van der Waals surface area (Å²) in [5, 5.41) is 19.5. The molecule has 1 atom stereocenters. The highest BCUT2D eigenvalue weighted by atomic mass is 16.4. The number of nitrogens with zero attached hydrogens (tertiary/aromatic N) is 1. The molecule has 0 saturated heterocycles. The minimum absolute atomic E-state index is 0.217. The number of hydrogen-bond donors (Lipinski definition) is 3. The van der Waals surface area contributed by atoms with Gasteiger partial charge >= 0.3 is 11.9 Å². The number of aryl methyl sites for hydroxylation is 1. The van der Waals surface area contributed by atoms with Crippen LogP contribution in [0.15, 0.2) is 18.3 Å². The van der Waals surface area contributed by atoms with Crippen LogP contribution in [0.2, 0.25) is 0 Å². The molecule has 0 radical (unpaired) electrons. The van der Waals surface area contributed by atoms with E-state index in [1.165, 1.54) is 18.3 Å². The summed E-state index contributed by atoms with van der Waals surface area (Å²) in [6, 6.07) is 1.56. The van der Waals surface area contributed by atoms with E-state index in [0.29, 0.717) is 5.69 Å². The summed E-state index contributed by atoms with van der Waals surface area (Å²) >= 11 is 0. The number of pyridine rings is 1. The predicted octanol–water partition coefficient (Wildman–Crippen LogP) is 0.0477. The van der Waals surface area contributed by atoms with E-state index in [1.54, 1.807) is 6.92 Å². The van der Waals surface area contributed by atoms with Crippen molar-refractivity contribution in [1.29, 1.82) is 0 Å². The molecule has 0 aliphatic carbocycles. The van der Waals surface area contributed by atoms with Gasteiger partial charge in [-0.2, -0.15) is 0 Å². The summed E-state index contributed by atoms with van der Waals surface area (Å²) in [7, 11) is 0. The number of carboxylic acids is 2. The van der Waals surface area contributed by atoms with E-state index in [1.807, 2.05) is 0 Å². The largest absolute Gasteiger partial charge is 0.481 e. The zero-order chi connectivity index (χ0) is 13.7. The van der Waals surface area contributed by atoms with Crippen LogP contribution in [-0.2, 0) is 9.59 Å². The second-order valence-corrected chi connectivity index (χ2v) is 3.60. The minimum atomic E-state index is -1.46. The molecule has 0 unspecified atom stereocenters. The lowest BCUT2D eigenvalue weighted by atomic mass is 10.1. The minimum Gasteiger partial charge on any atom is -0.481 e. The van der Waals surface area contributed by atoms with E-state index in [0.717, 1.165) is 0 Å². The lowest BCUT2D eigenvalue weighted by Gasteiger charge is -2.13. The van der Waals surface area contributed by atoms with Gasteiger partial charge in [-0.25, -0.2) is 4.79 Å². The Morgan fingerprint density at radius 2 is 2.06 bits per heavy atom. The molecule has 0 saturated carbocycles. The summed E-state index contributed by atoms with van der Waals surface area (Å²) in [5.74, 6) is -3.35. The van der Waals surface area contributed by atoms with Gasteiger partial charge < -0.3 is 15.5 Å². The number of nitrogens with one attached hydrogen (secondary N) is 1. The molecule has 18 heavy (non-hydrogen) atoms. The first-order valence-corrected chi connectivity index (χ1v) is 5.09. The van der Waals surface area contributed by atoms with E-state index < -0.39 is 30.3 Å². The summed E-state index contributed by atoms with van der Waals surface area (Å²) in [5.41, 5.74) is 0.656. The van der Waals surface area contributed by atoms with Gasteiger partial charge in [0.2, 0.25) is 0 Å². The van der Waals surface area contributed by atoms with Crippen LogP contribution in [0, 0.1) is 6.92 Å². The fraction of sp³-hybridized carbons (Fsp3) is 0.273. The van der Waals surface area contributed by atoms with E-state index in [4.69, 9.17) is 10.2 Å². The average molecular weight is 252 g/mol. The molecule has 7 nitrogen and oxygen atoms in total. The molecular formula is C11H12N2O5. The maximum Gasteiger partial charge on any atom is 0.326 e. The highest BCUT2D eigenvalue weighted by molar-refractivity contribution is 5.98. The van der Waals surface area contributed by atoms with Crippen LogP contribution >= 0.6 is 0 Å².